The first kappa shape index (κ1) is 14.3. The summed E-state index contributed by atoms with van der Waals surface area (Å²) in [4.78, 5) is 0. The quantitative estimate of drug-likeness (QED) is 0.543. The van der Waals surface area contributed by atoms with E-state index in [1.807, 2.05) is 0 Å². The molecule has 0 amide bonds. The number of ether oxygens (including phenoxy) is 1. The van der Waals surface area contributed by atoms with Crippen molar-refractivity contribution in [3.8, 4) is 12.1 Å². The van der Waals surface area contributed by atoms with Crippen molar-refractivity contribution in [3.63, 3.8) is 0 Å². The van der Waals surface area contributed by atoms with E-state index in [9.17, 15) is 13.2 Å². The SMILES string of the molecule is CC(C)(C)/C(C#N)=C(\C#N)OCC(F)(F)F. The summed E-state index contributed by atoms with van der Waals surface area (Å²) in [6, 6.07) is 3.16. The molecule has 0 saturated heterocycles. The second kappa shape index (κ2) is 4.89. The van der Waals surface area contributed by atoms with Gasteiger partial charge in [0.25, 0.3) is 0 Å². The van der Waals surface area contributed by atoms with Gasteiger partial charge in [-0.25, -0.2) is 0 Å². The van der Waals surface area contributed by atoms with Gasteiger partial charge in [0.1, 0.15) is 6.07 Å². The van der Waals surface area contributed by atoms with Crippen LogP contribution >= 0.6 is 0 Å². The second-order valence-corrected chi connectivity index (χ2v) is 4.08. The lowest BCUT2D eigenvalue weighted by Crippen LogP contribution is -2.19. The number of halogens is 3. The maximum atomic E-state index is 11.9. The molecule has 0 unspecified atom stereocenters. The third-order valence-electron chi connectivity index (χ3n) is 1.57. The zero-order valence-corrected chi connectivity index (χ0v) is 9.14. The predicted molar refractivity (Wildman–Crippen MR) is 49.7 cm³/mol. The highest BCUT2D eigenvalue weighted by atomic mass is 19.4. The van der Waals surface area contributed by atoms with Crippen molar-refractivity contribution in [1.29, 1.82) is 10.5 Å². The van der Waals surface area contributed by atoms with Crippen LogP contribution in [0.5, 0.6) is 0 Å². The van der Waals surface area contributed by atoms with Crippen LogP contribution in [0.25, 0.3) is 0 Å². The molecule has 0 bridgehead atoms. The molecular formula is C10H11F3N2O. The second-order valence-electron chi connectivity index (χ2n) is 4.08. The molecule has 0 saturated carbocycles. The fourth-order valence-corrected chi connectivity index (χ4v) is 0.873. The first-order valence-corrected chi connectivity index (χ1v) is 4.36. The van der Waals surface area contributed by atoms with Gasteiger partial charge in [-0.2, -0.15) is 23.7 Å². The summed E-state index contributed by atoms with van der Waals surface area (Å²) in [7, 11) is 0. The molecule has 0 spiro atoms. The van der Waals surface area contributed by atoms with E-state index in [0.29, 0.717) is 0 Å². The minimum atomic E-state index is -4.53. The maximum absolute atomic E-state index is 11.9. The molecule has 0 rings (SSSR count). The van der Waals surface area contributed by atoms with E-state index in [4.69, 9.17) is 10.5 Å². The van der Waals surface area contributed by atoms with Gasteiger partial charge in [0.15, 0.2) is 6.61 Å². The lowest BCUT2D eigenvalue weighted by molar-refractivity contribution is -0.163. The topological polar surface area (TPSA) is 56.8 Å². The Morgan fingerprint density at radius 3 is 1.88 bits per heavy atom. The summed E-state index contributed by atoms with van der Waals surface area (Å²) in [5.74, 6) is -0.577. The highest BCUT2D eigenvalue weighted by Crippen LogP contribution is 2.28. The molecule has 6 heteroatoms. The van der Waals surface area contributed by atoms with E-state index in [0.717, 1.165) is 0 Å². The van der Waals surface area contributed by atoms with Crippen molar-refractivity contribution in [2.75, 3.05) is 6.61 Å². The van der Waals surface area contributed by atoms with Gasteiger partial charge in [-0.15, -0.1) is 0 Å². The third kappa shape index (κ3) is 4.70. The standard InChI is InChI=1S/C10H11F3N2O/c1-9(2,3)7(4-14)8(5-15)16-6-10(11,12)13/h6H2,1-3H3/b8-7+. The predicted octanol–water partition coefficient (Wildman–Crippen LogP) is 2.91. The van der Waals surface area contributed by atoms with Crippen LogP contribution in [0, 0.1) is 28.1 Å². The summed E-state index contributed by atoms with van der Waals surface area (Å²) in [6.07, 6.45) is -4.53. The fraction of sp³-hybridized carbons (Fsp3) is 0.600. The molecule has 0 heterocycles. The van der Waals surface area contributed by atoms with Crippen LogP contribution < -0.4 is 0 Å². The summed E-state index contributed by atoms with van der Waals surface area (Å²) < 4.78 is 39.9. The zero-order valence-electron chi connectivity index (χ0n) is 9.14. The number of hydrogen-bond acceptors (Lipinski definition) is 3. The minimum Gasteiger partial charge on any atom is -0.473 e. The molecule has 0 aromatic heterocycles. The van der Waals surface area contributed by atoms with E-state index in [2.05, 4.69) is 4.74 Å². The highest BCUT2D eigenvalue weighted by Gasteiger charge is 2.31. The molecule has 88 valence electrons. The summed E-state index contributed by atoms with van der Waals surface area (Å²) >= 11 is 0. The van der Waals surface area contributed by atoms with Gasteiger partial charge in [0, 0.05) is 5.41 Å². The molecule has 0 radical (unpaired) electrons. The summed E-state index contributed by atoms with van der Waals surface area (Å²) in [5.41, 5.74) is -0.829. The van der Waals surface area contributed by atoms with Crippen molar-refractivity contribution in [2.45, 2.75) is 26.9 Å². The third-order valence-corrected chi connectivity index (χ3v) is 1.57. The van der Waals surface area contributed by atoms with Crippen LogP contribution in [0.4, 0.5) is 13.2 Å². The van der Waals surface area contributed by atoms with Crippen LogP contribution in [-0.2, 0) is 4.74 Å². The van der Waals surface area contributed by atoms with Gasteiger partial charge in [0.05, 0.1) is 11.6 Å². The number of nitrogens with zero attached hydrogens (tertiary/aromatic N) is 2. The molecule has 16 heavy (non-hydrogen) atoms. The lowest BCUT2D eigenvalue weighted by atomic mass is 9.86. The molecule has 0 aromatic rings. The fourth-order valence-electron chi connectivity index (χ4n) is 0.873. The Morgan fingerprint density at radius 1 is 1.12 bits per heavy atom. The number of allylic oxidation sites excluding steroid dienone is 2. The van der Waals surface area contributed by atoms with Gasteiger partial charge >= 0.3 is 6.18 Å². The van der Waals surface area contributed by atoms with E-state index in [1.54, 1.807) is 26.8 Å². The minimum absolute atomic E-state index is 0.0979. The van der Waals surface area contributed by atoms with E-state index in [1.165, 1.54) is 6.07 Å². The summed E-state index contributed by atoms with van der Waals surface area (Å²) in [6.45, 7) is 3.26. The Kier molecular flexibility index (Phi) is 4.37. The number of rotatable bonds is 2. The smallest absolute Gasteiger partial charge is 0.422 e. The van der Waals surface area contributed by atoms with Gasteiger partial charge in [0.2, 0.25) is 5.76 Å². The van der Waals surface area contributed by atoms with Crippen LogP contribution in [0.1, 0.15) is 20.8 Å². The van der Waals surface area contributed by atoms with E-state index in [-0.39, 0.29) is 5.57 Å². The normalized spacial score (nSPS) is 13.5. The maximum Gasteiger partial charge on any atom is 0.422 e. The van der Waals surface area contributed by atoms with Crippen LogP contribution in [0.15, 0.2) is 11.3 Å². The van der Waals surface area contributed by atoms with Crippen LogP contribution in [0.2, 0.25) is 0 Å². The molecule has 0 aliphatic carbocycles. The Morgan fingerprint density at radius 2 is 1.62 bits per heavy atom. The average Bonchev–Trinajstić information content (AvgIpc) is 2.08. The molecule has 0 aliphatic rings. The van der Waals surface area contributed by atoms with Crippen LogP contribution in [-0.4, -0.2) is 12.8 Å². The summed E-state index contributed by atoms with van der Waals surface area (Å²) in [5, 5.41) is 17.4. The Hall–Kier alpha value is -1.69. The molecule has 0 aromatic carbocycles. The van der Waals surface area contributed by atoms with Gasteiger partial charge < -0.3 is 4.74 Å². The Balaban J connectivity index is 5.06. The van der Waals surface area contributed by atoms with Crippen molar-refractivity contribution in [2.24, 2.45) is 5.41 Å². The average molecular weight is 232 g/mol. The number of nitriles is 2. The number of hydrogen-bond donors (Lipinski definition) is 0. The first-order valence-electron chi connectivity index (χ1n) is 4.36. The first-order chi connectivity index (χ1) is 7.11. The molecule has 3 nitrogen and oxygen atoms in total. The molecular weight excluding hydrogens is 221 g/mol. The molecule has 0 aliphatic heterocycles. The monoisotopic (exact) mass is 232 g/mol. The largest absolute Gasteiger partial charge is 0.473 e. The number of alkyl halides is 3. The Labute approximate surface area is 91.7 Å². The lowest BCUT2D eigenvalue weighted by Gasteiger charge is -2.18. The van der Waals surface area contributed by atoms with Crippen molar-refractivity contribution < 1.29 is 17.9 Å². The van der Waals surface area contributed by atoms with E-state index < -0.39 is 24.0 Å². The van der Waals surface area contributed by atoms with Gasteiger partial charge in [-0.05, 0) is 0 Å². The Bertz CT molecular complexity index is 363. The van der Waals surface area contributed by atoms with E-state index >= 15 is 0 Å². The molecule has 0 atom stereocenters. The van der Waals surface area contributed by atoms with Crippen molar-refractivity contribution in [1.82, 2.24) is 0 Å². The highest BCUT2D eigenvalue weighted by molar-refractivity contribution is 5.36. The van der Waals surface area contributed by atoms with Crippen molar-refractivity contribution >= 4 is 0 Å². The van der Waals surface area contributed by atoms with Crippen molar-refractivity contribution in [3.05, 3.63) is 11.3 Å². The van der Waals surface area contributed by atoms with Crippen LogP contribution in [0.3, 0.4) is 0 Å². The molecule has 0 fully saturated rings. The molecule has 0 N–H and O–H groups in total. The van der Waals surface area contributed by atoms with Gasteiger partial charge in [-0.1, -0.05) is 20.8 Å². The zero-order chi connectivity index (χ0) is 13.0. The van der Waals surface area contributed by atoms with Gasteiger partial charge in [-0.3, -0.25) is 0 Å².